The molecule has 1 saturated carbocycles. The van der Waals surface area contributed by atoms with E-state index in [9.17, 15) is 47.4 Å². The van der Waals surface area contributed by atoms with Crippen molar-refractivity contribution in [1.29, 1.82) is 0 Å². The smallest absolute Gasteiger partial charge is 0.248 e. The van der Waals surface area contributed by atoms with Gasteiger partial charge in [0, 0.05) is 38.5 Å². The number of rotatable bonds is 15. The molecule has 0 aromatic heterocycles. The van der Waals surface area contributed by atoms with Crippen molar-refractivity contribution >= 4 is 41.2 Å². The van der Waals surface area contributed by atoms with Crippen LogP contribution in [-0.4, -0.2) is 123 Å². The average molecular weight is 785 g/mol. The van der Waals surface area contributed by atoms with Crippen LogP contribution in [0.4, 0.5) is 8.78 Å². The minimum absolute atomic E-state index is 0.0247. The second-order valence-corrected chi connectivity index (χ2v) is 15.5. The van der Waals surface area contributed by atoms with Crippen LogP contribution in [0.2, 0.25) is 0 Å². The molecule has 0 unspecified atom stereocenters. The molecule has 1 aliphatic carbocycles. The van der Waals surface area contributed by atoms with Crippen molar-refractivity contribution < 1.29 is 47.4 Å². The first-order valence-electron chi connectivity index (χ1n) is 19.8. The number of carbonyl (C=O) groups excluding carboxylic acids is 7. The third kappa shape index (κ3) is 9.79. The van der Waals surface area contributed by atoms with E-state index in [4.69, 9.17) is 0 Å². The Labute approximate surface area is 325 Å². The van der Waals surface area contributed by atoms with E-state index in [2.05, 4.69) is 16.0 Å². The lowest BCUT2D eigenvalue weighted by Crippen LogP contribution is -2.62. The molecule has 14 nitrogen and oxygen atoms in total. The van der Waals surface area contributed by atoms with Crippen LogP contribution in [0, 0.1) is 11.6 Å². The van der Waals surface area contributed by atoms with E-state index in [1.54, 1.807) is 17.9 Å². The summed E-state index contributed by atoms with van der Waals surface area (Å²) in [6.07, 6.45) is 7.44. The van der Waals surface area contributed by atoms with E-state index in [1.165, 1.54) is 22.8 Å². The Morgan fingerprint density at radius 3 is 2.23 bits per heavy atom. The highest BCUT2D eigenvalue weighted by atomic mass is 19.1. The number of piperidine rings is 1. The maximum atomic E-state index is 14.2. The highest BCUT2D eigenvalue weighted by Gasteiger charge is 2.62. The summed E-state index contributed by atoms with van der Waals surface area (Å²) >= 11 is 0. The fraction of sp³-hybridized carbons (Fsp3) is 0.625. The van der Waals surface area contributed by atoms with Gasteiger partial charge in [0.15, 0.2) is 5.78 Å². The largest absolute Gasteiger partial charge is 0.391 e. The van der Waals surface area contributed by atoms with Crippen LogP contribution < -0.4 is 16.0 Å². The van der Waals surface area contributed by atoms with Crippen LogP contribution in [0.25, 0.3) is 0 Å². The van der Waals surface area contributed by atoms with Crippen molar-refractivity contribution in [3.8, 4) is 0 Å². The molecule has 4 N–H and O–H groups in total. The summed E-state index contributed by atoms with van der Waals surface area (Å²) in [5.41, 5.74) is -0.675. The number of ketones is 1. The molecule has 4 aliphatic rings. The number of likely N-dealkylation sites (tertiary alicyclic amines) is 3. The fourth-order valence-electron chi connectivity index (χ4n) is 8.17. The van der Waals surface area contributed by atoms with Gasteiger partial charge < -0.3 is 35.8 Å². The Hall–Kier alpha value is -4.73. The van der Waals surface area contributed by atoms with Gasteiger partial charge in [-0.3, -0.25) is 33.6 Å². The summed E-state index contributed by atoms with van der Waals surface area (Å²) in [5.74, 6) is -5.35. The number of allylic oxidation sites excluding steroid dienone is 1. The average Bonchev–Trinajstić information content (AvgIpc) is 3.46. The van der Waals surface area contributed by atoms with Crippen LogP contribution in [0.1, 0.15) is 97.0 Å². The van der Waals surface area contributed by atoms with Gasteiger partial charge in [0.2, 0.25) is 35.4 Å². The monoisotopic (exact) mass is 784 g/mol. The van der Waals surface area contributed by atoms with Gasteiger partial charge in [0.1, 0.15) is 47.4 Å². The number of aliphatic hydroxyl groups excluding tert-OH is 1. The van der Waals surface area contributed by atoms with E-state index in [1.807, 2.05) is 6.92 Å². The van der Waals surface area contributed by atoms with Crippen LogP contribution in [0.5, 0.6) is 0 Å². The van der Waals surface area contributed by atoms with Gasteiger partial charge in [-0.1, -0.05) is 25.8 Å². The van der Waals surface area contributed by atoms with Gasteiger partial charge in [-0.2, -0.15) is 0 Å². The van der Waals surface area contributed by atoms with E-state index < -0.39 is 83.0 Å². The Bertz CT molecular complexity index is 1700. The lowest BCUT2D eigenvalue weighted by atomic mass is 9.99. The standard InChI is InChI=1S/C40H54F2N6O8/c1-4-5-6-7-14-33(51)44-29(21-26-19-27(41)22-28(42)20-26)35(52)45-34(25(3)49)39(56)47-17-10-13-31(47)38(55)46-16-9-8-12-30(46)36(53)43-24(2)37(54)48-18-11-15-40(48)23-32(40)50/h7,14,19-20,22,24-25,29-31,34,49H,4-6,8-13,15-18,21,23H2,1-3H3,(H,43,53)(H,44,51)(H,45,52)/b14-7+/t24-,25-,29-,30-,31-,34-,40-/m0/s1. The number of nitrogens with zero attached hydrogens (tertiary/aromatic N) is 3. The summed E-state index contributed by atoms with van der Waals surface area (Å²) < 4.78 is 28.1. The maximum Gasteiger partial charge on any atom is 0.248 e. The molecule has 4 fully saturated rings. The zero-order valence-electron chi connectivity index (χ0n) is 32.4. The number of carbonyl (C=O) groups is 7. The van der Waals surface area contributed by atoms with E-state index in [0.717, 1.165) is 25.0 Å². The molecule has 16 heteroatoms. The number of unbranched alkanes of at least 4 members (excludes halogenated alkanes) is 2. The first kappa shape index (κ1) is 42.4. The van der Waals surface area contributed by atoms with Crippen LogP contribution in [0.3, 0.4) is 0 Å². The SMILES string of the molecule is CCCC/C=C/C(=O)N[C@@H](Cc1cc(F)cc(F)c1)C(=O)N[C@H](C(=O)N1CCC[C@H]1C(=O)N1CCCC[C@H]1C(=O)N[C@@H](C)C(=O)N1CCC[C@@]12CC2=O)[C@H](C)O. The minimum Gasteiger partial charge on any atom is -0.391 e. The number of amides is 6. The van der Waals surface area contributed by atoms with E-state index in [-0.39, 0.29) is 43.2 Å². The summed E-state index contributed by atoms with van der Waals surface area (Å²) in [6.45, 7) is 5.66. The molecule has 0 bridgehead atoms. The number of nitrogens with one attached hydrogen (secondary N) is 3. The highest BCUT2D eigenvalue weighted by molar-refractivity contribution is 6.09. The van der Waals surface area contributed by atoms with Crippen LogP contribution in [-0.2, 0) is 40.0 Å². The zero-order valence-corrected chi connectivity index (χ0v) is 32.4. The van der Waals surface area contributed by atoms with Crippen molar-refractivity contribution in [2.45, 2.75) is 140 Å². The molecule has 0 radical (unpaired) electrons. The summed E-state index contributed by atoms with van der Waals surface area (Å²) in [7, 11) is 0. The van der Waals surface area contributed by atoms with Crippen molar-refractivity contribution in [3.05, 3.63) is 47.5 Å². The second kappa shape index (κ2) is 18.5. The fourth-order valence-corrected chi connectivity index (χ4v) is 8.17. The van der Waals surface area contributed by atoms with E-state index >= 15 is 0 Å². The predicted octanol–water partition coefficient (Wildman–Crippen LogP) is 1.81. The van der Waals surface area contributed by atoms with Gasteiger partial charge in [-0.15, -0.1) is 0 Å². The van der Waals surface area contributed by atoms with Gasteiger partial charge in [-0.25, -0.2) is 8.78 Å². The summed E-state index contributed by atoms with van der Waals surface area (Å²) in [5, 5.41) is 18.6. The zero-order chi connectivity index (χ0) is 40.7. The number of Topliss-reactive ketones (excluding diaryl/α,β-unsaturated/α-hetero) is 1. The van der Waals surface area contributed by atoms with Gasteiger partial charge in [0.05, 0.1) is 6.10 Å². The topological polar surface area (TPSA) is 186 Å². The molecule has 1 spiro atoms. The summed E-state index contributed by atoms with van der Waals surface area (Å²) in [4.78, 5) is 98.2. The molecular formula is C40H54F2N6O8. The molecule has 3 aliphatic heterocycles. The first-order valence-corrected chi connectivity index (χ1v) is 19.8. The first-order chi connectivity index (χ1) is 26.7. The molecule has 6 amide bonds. The van der Waals surface area contributed by atoms with Crippen molar-refractivity contribution in [2.75, 3.05) is 19.6 Å². The Morgan fingerprint density at radius 1 is 0.893 bits per heavy atom. The molecule has 3 heterocycles. The van der Waals surface area contributed by atoms with Gasteiger partial charge in [0.25, 0.3) is 0 Å². The molecule has 1 aromatic carbocycles. The van der Waals surface area contributed by atoms with Crippen molar-refractivity contribution in [2.24, 2.45) is 0 Å². The molecule has 1 aromatic rings. The molecule has 7 atom stereocenters. The number of benzene rings is 1. The third-order valence-corrected chi connectivity index (χ3v) is 11.3. The van der Waals surface area contributed by atoms with Crippen molar-refractivity contribution in [1.82, 2.24) is 30.7 Å². The normalized spacial score (nSPS) is 24.2. The molecular weight excluding hydrogens is 730 g/mol. The summed E-state index contributed by atoms with van der Waals surface area (Å²) in [6, 6.07) is -3.06. The van der Waals surface area contributed by atoms with Crippen molar-refractivity contribution in [3.63, 3.8) is 0 Å². The molecule has 5 rings (SSSR count). The van der Waals surface area contributed by atoms with E-state index in [0.29, 0.717) is 64.0 Å². The van der Waals surface area contributed by atoms with Gasteiger partial charge in [-0.05, 0) is 89.0 Å². The Kier molecular flexibility index (Phi) is 14.0. The molecule has 3 saturated heterocycles. The number of hydrogen-bond donors (Lipinski definition) is 4. The third-order valence-electron chi connectivity index (χ3n) is 11.3. The lowest BCUT2D eigenvalue weighted by Gasteiger charge is -2.39. The second-order valence-electron chi connectivity index (χ2n) is 15.5. The Morgan fingerprint density at radius 2 is 1.57 bits per heavy atom. The number of aliphatic hydroxyl groups is 1. The quantitative estimate of drug-likeness (QED) is 0.153. The minimum atomic E-state index is -1.56. The number of hydrogen-bond acceptors (Lipinski definition) is 8. The molecule has 56 heavy (non-hydrogen) atoms. The Balaban J connectivity index is 1.27. The van der Waals surface area contributed by atoms with Crippen LogP contribution >= 0.6 is 0 Å². The number of halogens is 2. The lowest BCUT2D eigenvalue weighted by molar-refractivity contribution is -0.152. The van der Waals surface area contributed by atoms with Gasteiger partial charge >= 0.3 is 0 Å². The highest BCUT2D eigenvalue weighted by Crippen LogP contribution is 2.46. The maximum absolute atomic E-state index is 14.2. The van der Waals surface area contributed by atoms with Crippen LogP contribution in [0.15, 0.2) is 30.4 Å². The predicted molar refractivity (Wildman–Crippen MR) is 199 cm³/mol. The molecule has 306 valence electrons.